The monoisotopic (exact) mass is 277 g/mol. The lowest BCUT2D eigenvalue weighted by Crippen LogP contribution is -2.12. The third-order valence-corrected chi connectivity index (χ3v) is 3.09. The van der Waals surface area contributed by atoms with Crippen LogP contribution in [0.5, 0.6) is 0 Å². The van der Waals surface area contributed by atoms with E-state index in [1.807, 2.05) is 22.9 Å². The molecule has 0 aliphatic heterocycles. The molecule has 5 heteroatoms. The molecule has 0 atom stereocenters. The summed E-state index contributed by atoms with van der Waals surface area (Å²) in [5, 5.41) is 4.32. The fourth-order valence-electron chi connectivity index (χ4n) is 2.18. The van der Waals surface area contributed by atoms with Crippen molar-refractivity contribution < 1.29 is 0 Å². The summed E-state index contributed by atoms with van der Waals surface area (Å²) in [6, 6.07) is 4.19. The van der Waals surface area contributed by atoms with E-state index in [0.29, 0.717) is 0 Å². The van der Waals surface area contributed by atoms with Gasteiger partial charge < -0.3 is 5.32 Å². The van der Waals surface area contributed by atoms with Crippen LogP contribution in [0.2, 0.25) is 0 Å². The van der Waals surface area contributed by atoms with Gasteiger partial charge in [-0.05, 0) is 19.9 Å². The van der Waals surface area contributed by atoms with Crippen molar-refractivity contribution in [3.05, 3.63) is 42.6 Å². The number of hydrogen-bond donors (Lipinski definition) is 1. The van der Waals surface area contributed by atoms with Crippen molar-refractivity contribution >= 4 is 16.7 Å². The van der Waals surface area contributed by atoms with Gasteiger partial charge in [-0.15, -0.1) is 6.42 Å². The van der Waals surface area contributed by atoms with Gasteiger partial charge in [0.25, 0.3) is 0 Å². The molecule has 0 spiro atoms. The van der Waals surface area contributed by atoms with Gasteiger partial charge in [0.2, 0.25) is 0 Å². The van der Waals surface area contributed by atoms with E-state index in [1.165, 1.54) is 6.33 Å². The minimum atomic E-state index is 0.288. The van der Waals surface area contributed by atoms with Gasteiger partial charge in [-0.2, -0.15) is 0 Å². The number of nitrogens with one attached hydrogen (secondary N) is 1. The molecule has 21 heavy (non-hydrogen) atoms. The molecule has 0 aromatic carbocycles. The van der Waals surface area contributed by atoms with Gasteiger partial charge in [0.15, 0.2) is 0 Å². The molecule has 1 N–H and O–H groups in total. The largest absolute Gasteiger partial charge is 0.382 e. The number of aromatic nitrogens is 4. The number of terminal acetylenes is 1. The SMILES string of the molecule is C#Cc1cnc(-n2ccc3cncnc32)cc1NC(C)C. The van der Waals surface area contributed by atoms with E-state index >= 15 is 0 Å². The first-order chi connectivity index (χ1) is 10.2. The highest BCUT2D eigenvalue weighted by molar-refractivity contribution is 5.77. The molecular formula is C16H15N5. The predicted molar refractivity (Wildman–Crippen MR) is 83.4 cm³/mol. The van der Waals surface area contributed by atoms with E-state index in [9.17, 15) is 0 Å². The van der Waals surface area contributed by atoms with Crippen LogP contribution < -0.4 is 5.32 Å². The van der Waals surface area contributed by atoms with Crippen LogP contribution in [0.3, 0.4) is 0 Å². The second-order valence-electron chi connectivity index (χ2n) is 5.02. The van der Waals surface area contributed by atoms with Crippen LogP contribution in [-0.2, 0) is 0 Å². The van der Waals surface area contributed by atoms with Gasteiger partial charge in [-0.1, -0.05) is 5.92 Å². The third-order valence-electron chi connectivity index (χ3n) is 3.09. The maximum atomic E-state index is 5.53. The maximum Gasteiger partial charge on any atom is 0.149 e. The van der Waals surface area contributed by atoms with Crippen LogP contribution in [0.1, 0.15) is 19.4 Å². The summed E-state index contributed by atoms with van der Waals surface area (Å²) >= 11 is 0. The van der Waals surface area contributed by atoms with Gasteiger partial charge >= 0.3 is 0 Å². The van der Waals surface area contributed by atoms with E-state index in [4.69, 9.17) is 6.42 Å². The first kappa shape index (κ1) is 13.1. The summed E-state index contributed by atoms with van der Waals surface area (Å²) in [4.78, 5) is 12.8. The highest BCUT2D eigenvalue weighted by Crippen LogP contribution is 2.21. The van der Waals surface area contributed by atoms with Crippen molar-refractivity contribution in [1.29, 1.82) is 0 Å². The second kappa shape index (κ2) is 5.25. The van der Waals surface area contributed by atoms with E-state index < -0.39 is 0 Å². The van der Waals surface area contributed by atoms with Crippen LogP contribution in [0.25, 0.3) is 16.9 Å². The Hall–Kier alpha value is -2.87. The lowest BCUT2D eigenvalue weighted by Gasteiger charge is -2.13. The van der Waals surface area contributed by atoms with Gasteiger partial charge in [0.05, 0.1) is 11.3 Å². The van der Waals surface area contributed by atoms with Gasteiger partial charge in [-0.25, -0.2) is 15.0 Å². The first-order valence-electron chi connectivity index (χ1n) is 6.69. The van der Waals surface area contributed by atoms with Crippen molar-refractivity contribution in [2.75, 3.05) is 5.32 Å². The fourth-order valence-corrected chi connectivity index (χ4v) is 2.18. The highest BCUT2D eigenvalue weighted by atomic mass is 15.1. The first-order valence-corrected chi connectivity index (χ1v) is 6.69. The van der Waals surface area contributed by atoms with Gasteiger partial charge in [-0.3, -0.25) is 4.57 Å². The molecule has 0 amide bonds. The number of anilines is 1. The molecule has 3 aromatic heterocycles. The number of nitrogens with zero attached hydrogens (tertiary/aromatic N) is 4. The van der Waals surface area contributed by atoms with Crippen LogP contribution in [-0.4, -0.2) is 25.6 Å². The van der Waals surface area contributed by atoms with Gasteiger partial charge in [0.1, 0.15) is 17.8 Å². The Kier molecular flexibility index (Phi) is 3.28. The minimum Gasteiger partial charge on any atom is -0.382 e. The van der Waals surface area contributed by atoms with Crippen LogP contribution in [0.4, 0.5) is 5.69 Å². The number of hydrogen-bond acceptors (Lipinski definition) is 4. The molecule has 3 rings (SSSR count). The summed E-state index contributed by atoms with van der Waals surface area (Å²) in [5.41, 5.74) is 2.47. The van der Waals surface area contributed by atoms with Crippen molar-refractivity contribution in [2.45, 2.75) is 19.9 Å². The van der Waals surface area contributed by atoms with Crippen molar-refractivity contribution in [3.8, 4) is 18.2 Å². The Morgan fingerprint density at radius 1 is 1.29 bits per heavy atom. The molecule has 0 unspecified atom stereocenters. The quantitative estimate of drug-likeness (QED) is 0.748. The predicted octanol–water partition coefficient (Wildman–Crippen LogP) is 2.62. The average Bonchev–Trinajstić information content (AvgIpc) is 2.90. The molecular weight excluding hydrogens is 262 g/mol. The summed E-state index contributed by atoms with van der Waals surface area (Å²) in [6.07, 6.45) is 12.5. The lowest BCUT2D eigenvalue weighted by molar-refractivity contribution is 0.895. The molecule has 0 bridgehead atoms. The Morgan fingerprint density at radius 3 is 2.90 bits per heavy atom. The minimum absolute atomic E-state index is 0.288. The molecule has 0 saturated carbocycles. The number of rotatable bonds is 3. The normalized spacial score (nSPS) is 10.8. The molecule has 5 nitrogen and oxygen atoms in total. The van der Waals surface area contributed by atoms with Crippen molar-refractivity contribution in [3.63, 3.8) is 0 Å². The fraction of sp³-hybridized carbons (Fsp3) is 0.188. The van der Waals surface area contributed by atoms with Crippen LogP contribution in [0, 0.1) is 12.3 Å². The zero-order valence-electron chi connectivity index (χ0n) is 11.9. The lowest BCUT2D eigenvalue weighted by atomic mass is 10.2. The second-order valence-corrected chi connectivity index (χ2v) is 5.02. The maximum absolute atomic E-state index is 5.53. The summed E-state index contributed by atoms with van der Waals surface area (Å²) in [5.74, 6) is 3.42. The molecule has 0 fully saturated rings. The van der Waals surface area contributed by atoms with Crippen molar-refractivity contribution in [1.82, 2.24) is 19.5 Å². The Bertz CT molecular complexity index is 826. The molecule has 104 valence electrons. The Morgan fingerprint density at radius 2 is 2.14 bits per heavy atom. The smallest absolute Gasteiger partial charge is 0.149 e. The molecule has 0 aliphatic rings. The van der Waals surface area contributed by atoms with E-state index in [0.717, 1.165) is 28.1 Å². The standard InChI is InChI=1S/C16H15N5/c1-4-12-9-18-15(7-14(12)20-11(2)3)21-6-5-13-8-17-10-19-16(13)21/h1,5-11H,2-3H3,(H,18,20). The van der Waals surface area contributed by atoms with E-state index in [1.54, 1.807) is 12.4 Å². The third kappa shape index (κ3) is 2.43. The molecule has 0 saturated heterocycles. The average molecular weight is 277 g/mol. The molecule has 3 aromatic rings. The van der Waals surface area contributed by atoms with Crippen LogP contribution >= 0.6 is 0 Å². The zero-order chi connectivity index (χ0) is 14.8. The molecule has 0 radical (unpaired) electrons. The van der Waals surface area contributed by atoms with E-state index in [-0.39, 0.29) is 6.04 Å². The molecule has 3 heterocycles. The van der Waals surface area contributed by atoms with Gasteiger partial charge in [0, 0.05) is 36.1 Å². The summed E-state index contributed by atoms with van der Waals surface area (Å²) < 4.78 is 1.92. The Labute approximate surface area is 123 Å². The summed E-state index contributed by atoms with van der Waals surface area (Å²) in [6.45, 7) is 4.14. The number of pyridine rings is 1. The van der Waals surface area contributed by atoms with Crippen LogP contribution in [0.15, 0.2) is 37.1 Å². The highest BCUT2D eigenvalue weighted by Gasteiger charge is 2.09. The van der Waals surface area contributed by atoms with E-state index in [2.05, 4.69) is 40.0 Å². The molecule has 0 aliphatic carbocycles. The van der Waals surface area contributed by atoms with Crippen molar-refractivity contribution in [2.24, 2.45) is 0 Å². The topological polar surface area (TPSA) is 55.6 Å². The zero-order valence-corrected chi connectivity index (χ0v) is 11.9. The summed E-state index contributed by atoms with van der Waals surface area (Å²) in [7, 11) is 0. The Balaban J connectivity index is 2.13. The number of fused-ring (bicyclic) bond motifs is 1.